The number of hydrogen-bond donors (Lipinski definition) is 2. The molecular weight excluding hydrogens is 504 g/mol. The fourth-order valence-electron chi connectivity index (χ4n) is 5.28. The molecule has 0 aromatic heterocycles. The molecule has 0 saturated carbocycles. The summed E-state index contributed by atoms with van der Waals surface area (Å²) in [5.41, 5.74) is 7.24. The van der Waals surface area contributed by atoms with E-state index in [0.29, 0.717) is 13.0 Å². The van der Waals surface area contributed by atoms with Crippen molar-refractivity contribution in [1.82, 2.24) is 0 Å². The van der Waals surface area contributed by atoms with E-state index in [2.05, 4.69) is 84.3 Å². The zero-order valence-corrected chi connectivity index (χ0v) is 25.0. The highest BCUT2D eigenvalue weighted by atomic mass is 16.5. The SMILES string of the molecule is CCN(CCCC(=O)O)c1cc(OC)c(C2=C3C=CC([NH+](C)C)C=C3Oc3cc(N(C)C)ccc32)cc1N(C)C. The lowest BCUT2D eigenvalue weighted by molar-refractivity contribution is -0.871. The van der Waals surface area contributed by atoms with Gasteiger partial charge in [-0.05, 0) is 43.7 Å². The van der Waals surface area contributed by atoms with Crippen molar-refractivity contribution in [2.75, 3.05) is 77.2 Å². The third kappa shape index (κ3) is 5.82. The smallest absolute Gasteiger partial charge is 0.303 e. The lowest BCUT2D eigenvalue weighted by Crippen LogP contribution is -3.09. The lowest BCUT2D eigenvalue weighted by atomic mass is 9.86. The van der Waals surface area contributed by atoms with E-state index in [0.717, 1.165) is 63.1 Å². The third-order valence-corrected chi connectivity index (χ3v) is 7.56. The fraction of sp³-hybridized carbons (Fsp3) is 0.406. The van der Waals surface area contributed by atoms with Gasteiger partial charge in [-0.25, -0.2) is 0 Å². The van der Waals surface area contributed by atoms with Crippen molar-refractivity contribution in [2.45, 2.75) is 25.8 Å². The van der Waals surface area contributed by atoms with Crippen LogP contribution in [-0.2, 0) is 4.79 Å². The molecule has 2 aliphatic rings. The minimum absolute atomic E-state index is 0.141. The van der Waals surface area contributed by atoms with E-state index >= 15 is 0 Å². The molecule has 0 spiro atoms. The number of carboxylic acid groups (broad SMARTS) is 1. The van der Waals surface area contributed by atoms with Gasteiger partial charge in [0.25, 0.3) is 0 Å². The van der Waals surface area contributed by atoms with Crippen molar-refractivity contribution in [2.24, 2.45) is 0 Å². The second kappa shape index (κ2) is 12.1. The predicted molar refractivity (Wildman–Crippen MR) is 163 cm³/mol. The van der Waals surface area contributed by atoms with Crippen LogP contribution in [0.3, 0.4) is 0 Å². The summed E-state index contributed by atoms with van der Waals surface area (Å²) in [4.78, 5) is 18.9. The number of allylic oxidation sites excluding steroid dienone is 1. The number of anilines is 3. The highest BCUT2D eigenvalue weighted by Gasteiger charge is 2.31. The average molecular weight is 548 g/mol. The molecule has 1 aliphatic carbocycles. The van der Waals surface area contributed by atoms with Crippen molar-refractivity contribution < 1.29 is 24.3 Å². The molecule has 40 heavy (non-hydrogen) atoms. The van der Waals surface area contributed by atoms with Gasteiger partial charge in [0.15, 0.2) is 0 Å². The number of hydrogen-bond acceptors (Lipinski definition) is 6. The Bertz CT molecular complexity index is 1360. The van der Waals surface area contributed by atoms with Crippen molar-refractivity contribution >= 4 is 28.6 Å². The van der Waals surface area contributed by atoms with E-state index in [-0.39, 0.29) is 12.5 Å². The molecule has 2 aromatic carbocycles. The number of carbonyl (C=O) groups is 1. The molecule has 1 unspecified atom stereocenters. The minimum Gasteiger partial charge on any atom is -0.496 e. The van der Waals surface area contributed by atoms with Gasteiger partial charge in [0.2, 0.25) is 0 Å². The number of methoxy groups -OCH3 is 1. The van der Waals surface area contributed by atoms with Crippen LogP contribution >= 0.6 is 0 Å². The number of nitrogens with zero attached hydrogens (tertiary/aromatic N) is 3. The average Bonchev–Trinajstić information content (AvgIpc) is 2.92. The van der Waals surface area contributed by atoms with Gasteiger partial charge in [-0.15, -0.1) is 0 Å². The summed E-state index contributed by atoms with van der Waals surface area (Å²) in [5, 5.41) is 9.17. The van der Waals surface area contributed by atoms with Crippen molar-refractivity contribution in [3.8, 4) is 11.5 Å². The van der Waals surface area contributed by atoms with E-state index in [4.69, 9.17) is 14.6 Å². The van der Waals surface area contributed by atoms with E-state index < -0.39 is 5.97 Å². The molecule has 1 aliphatic heterocycles. The number of carboxylic acids is 1. The summed E-state index contributed by atoms with van der Waals surface area (Å²) in [5.74, 6) is 1.66. The van der Waals surface area contributed by atoms with E-state index in [9.17, 15) is 4.79 Å². The topological polar surface area (TPSA) is 69.9 Å². The molecule has 1 heterocycles. The molecule has 2 N–H and O–H groups in total. The van der Waals surface area contributed by atoms with Gasteiger partial charge in [-0.2, -0.15) is 0 Å². The normalized spacial score (nSPS) is 15.7. The van der Waals surface area contributed by atoms with Gasteiger partial charge in [0.1, 0.15) is 23.3 Å². The summed E-state index contributed by atoms with van der Waals surface area (Å²) in [6.45, 7) is 3.49. The molecule has 8 nitrogen and oxygen atoms in total. The summed E-state index contributed by atoms with van der Waals surface area (Å²) in [6.07, 6.45) is 7.32. The number of fused-ring (bicyclic) bond motifs is 2. The number of nitrogens with one attached hydrogen (secondary N) is 1. The van der Waals surface area contributed by atoms with E-state index in [1.165, 1.54) is 4.90 Å². The number of quaternary nitrogens is 1. The Kier molecular flexibility index (Phi) is 8.79. The van der Waals surface area contributed by atoms with Gasteiger partial charge < -0.3 is 34.2 Å². The molecule has 214 valence electrons. The Balaban J connectivity index is 1.93. The Morgan fingerprint density at radius 1 is 1.05 bits per heavy atom. The van der Waals surface area contributed by atoms with Crippen molar-refractivity contribution in [3.05, 3.63) is 71.0 Å². The van der Waals surface area contributed by atoms with Crippen LogP contribution in [0.4, 0.5) is 17.1 Å². The Labute approximate surface area is 238 Å². The molecule has 8 heteroatoms. The Morgan fingerprint density at radius 3 is 2.40 bits per heavy atom. The molecule has 0 saturated heterocycles. The predicted octanol–water partition coefficient (Wildman–Crippen LogP) is 3.68. The minimum atomic E-state index is -0.775. The first kappa shape index (κ1) is 29.1. The van der Waals surface area contributed by atoms with Crippen molar-refractivity contribution in [3.63, 3.8) is 0 Å². The number of aliphatic carboxylic acids is 1. The maximum absolute atomic E-state index is 11.2. The van der Waals surface area contributed by atoms with Gasteiger partial charge >= 0.3 is 5.97 Å². The standard InChI is InChI=1S/C32H42N4O4/c1-9-36(16-10-11-31(37)38)27-20-28(39-8)25(19-26(27)35(6)7)32-23-14-12-21(33(2)3)17-29(23)40-30-18-22(34(4)5)13-15-24(30)32/h12-15,17-21H,9-11,16H2,1-8H3,(H,37,38)/p+1. The van der Waals surface area contributed by atoms with Crippen LogP contribution in [0.5, 0.6) is 11.5 Å². The Morgan fingerprint density at radius 2 is 1.80 bits per heavy atom. The molecule has 0 fully saturated rings. The third-order valence-electron chi connectivity index (χ3n) is 7.56. The van der Waals surface area contributed by atoms with Gasteiger partial charge in [0.05, 0.1) is 32.6 Å². The number of likely N-dealkylation sites (N-methyl/N-ethyl adjacent to an activating group) is 1. The second-order valence-electron chi connectivity index (χ2n) is 11.0. The van der Waals surface area contributed by atoms with Crippen LogP contribution in [0, 0.1) is 0 Å². The molecule has 0 radical (unpaired) electrons. The molecular formula is C32H43N4O4+. The Hall–Kier alpha value is -3.91. The summed E-state index contributed by atoms with van der Waals surface area (Å²) < 4.78 is 12.6. The van der Waals surface area contributed by atoms with Crippen LogP contribution in [0.25, 0.3) is 5.57 Å². The summed E-state index contributed by atoms with van der Waals surface area (Å²) in [7, 11) is 14.1. The zero-order valence-electron chi connectivity index (χ0n) is 25.0. The first-order valence-electron chi connectivity index (χ1n) is 13.9. The van der Waals surface area contributed by atoms with Crippen LogP contribution in [0.2, 0.25) is 0 Å². The van der Waals surface area contributed by atoms with E-state index in [1.54, 1.807) is 7.11 Å². The first-order valence-corrected chi connectivity index (χ1v) is 13.9. The summed E-state index contributed by atoms with van der Waals surface area (Å²) in [6, 6.07) is 10.8. The highest BCUT2D eigenvalue weighted by Crippen LogP contribution is 2.48. The number of rotatable bonds is 11. The molecule has 4 rings (SSSR count). The molecule has 1 atom stereocenters. The quantitative estimate of drug-likeness (QED) is 0.445. The van der Waals surface area contributed by atoms with Crippen LogP contribution < -0.4 is 29.1 Å². The summed E-state index contributed by atoms with van der Waals surface area (Å²) >= 11 is 0. The number of ether oxygens (including phenoxy) is 2. The highest BCUT2D eigenvalue weighted by molar-refractivity contribution is 5.95. The van der Waals surface area contributed by atoms with Crippen LogP contribution in [0.15, 0.2) is 59.9 Å². The van der Waals surface area contributed by atoms with Gasteiger partial charge in [-0.1, -0.05) is 0 Å². The van der Waals surface area contributed by atoms with Gasteiger partial charge in [-0.3, -0.25) is 4.79 Å². The molecule has 0 bridgehead atoms. The first-order chi connectivity index (χ1) is 19.0. The maximum Gasteiger partial charge on any atom is 0.303 e. The second-order valence-corrected chi connectivity index (χ2v) is 11.0. The lowest BCUT2D eigenvalue weighted by Gasteiger charge is -2.32. The molecule has 0 amide bonds. The van der Waals surface area contributed by atoms with Crippen molar-refractivity contribution in [1.29, 1.82) is 0 Å². The van der Waals surface area contributed by atoms with Gasteiger partial charge in [0, 0.05) is 93.9 Å². The molecule has 2 aromatic rings. The number of benzene rings is 2. The van der Waals surface area contributed by atoms with E-state index in [1.807, 2.05) is 28.2 Å². The van der Waals surface area contributed by atoms with Crippen LogP contribution in [0.1, 0.15) is 30.9 Å². The fourth-order valence-corrected chi connectivity index (χ4v) is 5.28. The monoisotopic (exact) mass is 547 g/mol. The zero-order chi connectivity index (χ0) is 29.1. The largest absolute Gasteiger partial charge is 0.496 e. The maximum atomic E-state index is 11.2. The van der Waals surface area contributed by atoms with Crippen LogP contribution in [-0.4, -0.2) is 79.6 Å².